The average Bonchev–Trinajstić information content (AvgIpc) is 2.53. The third kappa shape index (κ3) is 5.84. The lowest BCUT2D eigenvalue weighted by Gasteiger charge is -2.31. The van der Waals surface area contributed by atoms with E-state index in [1.165, 1.54) is 12.0 Å². The summed E-state index contributed by atoms with van der Waals surface area (Å²) in [6.07, 6.45) is 5.42. The predicted molar refractivity (Wildman–Crippen MR) is 102 cm³/mol. The first kappa shape index (κ1) is 20.0. The summed E-state index contributed by atoms with van der Waals surface area (Å²) in [6.45, 7) is 6.37. The van der Waals surface area contributed by atoms with Crippen LogP contribution in [0.5, 0.6) is 0 Å². The van der Waals surface area contributed by atoms with Crippen molar-refractivity contribution in [3.05, 3.63) is 35.4 Å². The van der Waals surface area contributed by atoms with Gasteiger partial charge in [0.25, 0.3) is 0 Å². The molecule has 0 unspecified atom stereocenters. The highest BCUT2D eigenvalue weighted by molar-refractivity contribution is 7.91. The van der Waals surface area contributed by atoms with Gasteiger partial charge in [0.2, 0.25) is 5.91 Å². The van der Waals surface area contributed by atoms with Gasteiger partial charge in [-0.1, -0.05) is 64.3 Å². The van der Waals surface area contributed by atoms with Crippen molar-refractivity contribution in [1.82, 2.24) is 4.90 Å². The fraction of sp³-hybridized carbons (Fsp3) is 0.650. The molecule has 140 valence electrons. The van der Waals surface area contributed by atoms with Crippen molar-refractivity contribution >= 4 is 15.7 Å². The van der Waals surface area contributed by atoms with Crippen LogP contribution in [0.25, 0.3) is 0 Å². The van der Waals surface area contributed by atoms with Crippen LogP contribution in [0.15, 0.2) is 24.3 Å². The molecule has 1 aromatic carbocycles. The Balaban J connectivity index is 1.97. The van der Waals surface area contributed by atoms with Gasteiger partial charge in [-0.3, -0.25) is 4.79 Å². The Kier molecular flexibility index (Phi) is 6.30. The Labute approximate surface area is 152 Å². The van der Waals surface area contributed by atoms with Gasteiger partial charge in [-0.15, -0.1) is 0 Å². The van der Waals surface area contributed by atoms with Gasteiger partial charge >= 0.3 is 0 Å². The first-order valence-corrected chi connectivity index (χ1v) is 11.0. The molecule has 1 aromatic rings. The largest absolute Gasteiger partial charge is 0.342 e. The highest BCUT2D eigenvalue weighted by Crippen LogP contribution is 2.24. The lowest BCUT2D eigenvalue weighted by molar-refractivity contribution is -0.129. The Morgan fingerprint density at radius 2 is 1.64 bits per heavy atom. The number of carbonyl (C=O) groups excluding carboxylic acids is 1. The van der Waals surface area contributed by atoms with Crippen LogP contribution < -0.4 is 0 Å². The maximum atomic E-state index is 12.4. The molecule has 25 heavy (non-hydrogen) atoms. The molecule has 4 nitrogen and oxygen atoms in total. The Bertz CT molecular complexity index is 681. The number of rotatable bonds is 5. The fourth-order valence-corrected chi connectivity index (χ4v) is 4.75. The van der Waals surface area contributed by atoms with E-state index in [0.29, 0.717) is 0 Å². The molecule has 1 aliphatic rings. The van der Waals surface area contributed by atoms with Crippen molar-refractivity contribution in [2.75, 3.05) is 12.8 Å². The second-order valence-electron chi connectivity index (χ2n) is 8.28. The van der Waals surface area contributed by atoms with Crippen LogP contribution in [-0.4, -0.2) is 38.1 Å². The van der Waals surface area contributed by atoms with Gasteiger partial charge in [-0.2, -0.15) is 0 Å². The molecule has 0 aromatic heterocycles. The van der Waals surface area contributed by atoms with Crippen LogP contribution in [0, 0.1) is 0 Å². The van der Waals surface area contributed by atoms with Crippen molar-refractivity contribution < 1.29 is 13.2 Å². The van der Waals surface area contributed by atoms with Crippen molar-refractivity contribution in [2.45, 2.75) is 70.1 Å². The zero-order valence-corrected chi connectivity index (χ0v) is 16.7. The van der Waals surface area contributed by atoms with Gasteiger partial charge in [0.1, 0.15) is 5.75 Å². The molecule has 0 N–H and O–H groups in total. The third-order valence-corrected chi connectivity index (χ3v) is 6.53. The topological polar surface area (TPSA) is 54.5 Å². The highest BCUT2D eigenvalue weighted by atomic mass is 32.2. The van der Waals surface area contributed by atoms with Crippen LogP contribution in [0.2, 0.25) is 0 Å². The van der Waals surface area contributed by atoms with Crippen molar-refractivity contribution in [3.8, 4) is 0 Å². The van der Waals surface area contributed by atoms with E-state index < -0.39 is 15.6 Å². The zero-order chi connectivity index (χ0) is 18.7. The van der Waals surface area contributed by atoms with E-state index in [9.17, 15) is 13.2 Å². The van der Waals surface area contributed by atoms with Gasteiger partial charge in [0, 0.05) is 13.1 Å². The molecule has 1 aliphatic carbocycles. The Morgan fingerprint density at radius 1 is 1.08 bits per heavy atom. The molecule has 1 amide bonds. The molecule has 0 heterocycles. The molecule has 2 rings (SSSR count). The minimum Gasteiger partial charge on any atom is -0.342 e. The number of benzene rings is 1. The molecule has 0 aliphatic heterocycles. The first-order valence-electron chi connectivity index (χ1n) is 9.14. The van der Waals surface area contributed by atoms with E-state index in [1.807, 2.05) is 24.3 Å². The van der Waals surface area contributed by atoms with E-state index in [4.69, 9.17) is 0 Å². The van der Waals surface area contributed by atoms with Gasteiger partial charge in [0.05, 0.1) is 5.75 Å². The molecule has 0 saturated heterocycles. The lowest BCUT2D eigenvalue weighted by Crippen LogP contribution is -2.41. The van der Waals surface area contributed by atoms with Gasteiger partial charge in [0.15, 0.2) is 9.84 Å². The van der Waals surface area contributed by atoms with E-state index in [0.717, 1.165) is 31.2 Å². The summed E-state index contributed by atoms with van der Waals surface area (Å²) < 4.78 is 24.9. The van der Waals surface area contributed by atoms with Crippen LogP contribution in [0.4, 0.5) is 0 Å². The smallest absolute Gasteiger partial charge is 0.237 e. The molecule has 1 fully saturated rings. The number of hydrogen-bond acceptors (Lipinski definition) is 3. The number of nitrogens with zero attached hydrogens (tertiary/aromatic N) is 1. The summed E-state index contributed by atoms with van der Waals surface area (Å²) in [4.78, 5) is 14.0. The Hall–Kier alpha value is -1.36. The van der Waals surface area contributed by atoms with Crippen LogP contribution in [0.3, 0.4) is 0 Å². The second kappa shape index (κ2) is 7.90. The van der Waals surface area contributed by atoms with Gasteiger partial charge < -0.3 is 4.90 Å². The molecule has 0 radical (unpaired) electrons. The van der Waals surface area contributed by atoms with Crippen LogP contribution in [-0.2, 0) is 25.8 Å². The minimum atomic E-state index is -3.46. The monoisotopic (exact) mass is 365 g/mol. The molecular formula is C20H31NO3S. The maximum Gasteiger partial charge on any atom is 0.237 e. The molecule has 1 saturated carbocycles. The summed E-state index contributed by atoms with van der Waals surface area (Å²) in [7, 11) is -1.72. The maximum absolute atomic E-state index is 12.4. The van der Waals surface area contributed by atoms with E-state index >= 15 is 0 Å². The number of carbonyl (C=O) groups is 1. The number of sulfone groups is 1. The number of hydrogen-bond donors (Lipinski definition) is 0. The number of amides is 1. The fourth-order valence-electron chi connectivity index (χ4n) is 3.37. The highest BCUT2D eigenvalue weighted by Gasteiger charge is 2.26. The van der Waals surface area contributed by atoms with E-state index in [1.54, 1.807) is 11.9 Å². The molecule has 0 spiro atoms. The summed E-state index contributed by atoms with van der Waals surface area (Å²) in [5.74, 6) is -0.763. The molecule has 0 bridgehead atoms. The summed E-state index contributed by atoms with van der Waals surface area (Å²) in [6, 6.07) is 7.85. The SMILES string of the molecule is CN(C(=O)CS(=O)(=O)Cc1ccc(C(C)(C)C)cc1)C1CCCCC1. The quantitative estimate of drug-likeness (QED) is 0.800. The van der Waals surface area contributed by atoms with Gasteiger partial charge in [-0.05, 0) is 29.4 Å². The second-order valence-corrected chi connectivity index (χ2v) is 10.3. The minimum absolute atomic E-state index is 0.0378. The molecular weight excluding hydrogens is 334 g/mol. The van der Waals surface area contributed by atoms with Crippen molar-refractivity contribution in [3.63, 3.8) is 0 Å². The first-order chi connectivity index (χ1) is 11.6. The zero-order valence-electron chi connectivity index (χ0n) is 15.9. The van der Waals surface area contributed by atoms with Crippen LogP contribution in [0.1, 0.15) is 64.0 Å². The average molecular weight is 366 g/mol. The normalized spacial score (nSPS) is 16.6. The van der Waals surface area contributed by atoms with Crippen molar-refractivity contribution in [2.24, 2.45) is 0 Å². The summed E-state index contributed by atoms with van der Waals surface area (Å²) in [5.41, 5.74) is 1.94. The summed E-state index contributed by atoms with van der Waals surface area (Å²) in [5, 5.41) is 0. The van der Waals surface area contributed by atoms with Crippen LogP contribution >= 0.6 is 0 Å². The summed E-state index contributed by atoms with van der Waals surface area (Å²) >= 11 is 0. The van der Waals surface area contributed by atoms with Gasteiger partial charge in [-0.25, -0.2) is 8.42 Å². The van der Waals surface area contributed by atoms with E-state index in [2.05, 4.69) is 20.8 Å². The predicted octanol–water partition coefficient (Wildman–Crippen LogP) is 3.69. The standard InChI is InChI=1S/C20H31NO3S/c1-20(2,3)17-12-10-16(11-13-17)14-25(23,24)15-19(22)21(4)18-8-6-5-7-9-18/h10-13,18H,5-9,14-15H2,1-4H3. The third-order valence-electron chi connectivity index (χ3n) is 5.07. The Morgan fingerprint density at radius 3 is 2.16 bits per heavy atom. The van der Waals surface area contributed by atoms with Crippen molar-refractivity contribution in [1.29, 1.82) is 0 Å². The molecule has 5 heteroatoms. The molecule has 0 atom stereocenters. The lowest BCUT2D eigenvalue weighted by atomic mass is 9.87. The van der Waals surface area contributed by atoms with E-state index in [-0.39, 0.29) is 23.1 Å².